The summed E-state index contributed by atoms with van der Waals surface area (Å²) in [6, 6.07) is 5.87. The molecular formula is C26H35N5O5S2. The van der Waals surface area contributed by atoms with Gasteiger partial charge in [-0.15, -0.1) is 11.3 Å². The molecule has 0 bridgehead atoms. The monoisotopic (exact) mass is 561 g/mol. The molecule has 1 aromatic heterocycles. The van der Waals surface area contributed by atoms with Gasteiger partial charge in [0.2, 0.25) is 15.9 Å². The van der Waals surface area contributed by atoms with E-state index < -0.39 is 27.7 Å². The fraction of sp³-hybridized carbons (Fsp3) is 0.500. The fourth-order valence-electron chi connectivity index (χ4n) is 5.02. The number of carbonyl (C=O) groups is 3. The number of benzene rings is 1. The minimum absolute atomic E-state index is 0.00715. The van der Waals surface area contributed by atoms with E-state index in [1.807, 2.05) is 0 Å². The summed E-state index contributed by atoms with van der Waals surface area (Å²) < 4.78 is 27.7. The minimum atomic E-state index is -3.67. The molecule has 1 fully saturated rings. The van der Waals surface area contributed by atoms with Gasteiger partial charge in [-0.05, 0) is 55.6 Å². The number of thiophene rings is 1. The summed E-state index contributed by atoms with van der Waals surface area (Å²) in [6.07, 6.45) is 5.55. The molecule has 4 rings (SSSR count). The van der Waals surface area contributed by atoms with E-state index in [2.05, 4.69) is 28.0 Å². The largest absolute Gasteiger partial charge is 0.313 e. The van der Waals surface area contributed by atoms with Crippen molar-refractivity contribution < 1.29 is 22.8 Å². The van der Waals surface area contributed by atoms with Gasteiger partial charge in [0.1, 0.15) is 5.00 Å². The first-order valence-corrected chi connectivity index (χ1v) is 15.2. The summed E-state index contributed by atoms with van der Waals surface area (Å²) in [5.41, 5.74) is 6.20. The summed E-state index contributed by atoms with van der Waals surface area (Å²) in [5, 5.41) is 3.24. The zero-order chi connectivity index (χ0) is 27.4. The number of carbonyl (C=O) groups excluding carboxylic acids is 3. The summed E-state index contributed by atoms with van der Waals surface area (Å²) in [4.78, 5) is 40.8. The maximum Gasteiger partial charge on any atom is 0.272 e. The first kappa shape index (κ1) is 28.2. The Labute approximate surface area is 227 Å². The molecule has 3 N–H and O–H groups in total. The number of amides is 3. The third-order valence-corrected chi connectivity index (χ3v) is 10.3. The van der Waals surface area contributed by atoms with Crippen LogP contribution >= 0.6 is 11.3 Å². The van der Waals surface area contributed by atoms with Gasteiger partial charge >= 0.3 is 0 Å². The fourth-order valence-corrected chi connectivity index (χ4v) is 7.72. The second kappa shape index (κ2) is 11.9. The average Bonchev–Trinajstić information content (AvgIpc) is 3.28. The Balaban J connectivity index is 1.54. The molecule has 206 valence electrons. The van der Waals surface area contributed by atoms with Crippen LogP contribution in [0.25, 0.3) is 0 Å². The van der Waals surface area contributed by atoms with Gasteiger partial charge < -0.3 is 5.32 Å². The van der Waals surface area contributed by atoms with Crippen LogP contribution in [0.1, 0.15) is 77.1 Å². The first-order valence-electron chi connectivity index (χ1n) is 12.9. The Morgan fingerprint density at radius 3 is 2.37 bits per heavy atom. The molecule has 0 saturated heterocycles. The number of nitrogens with one attached hydrogen (secondary N) is 3. The van der Waals surface area contributed by atoms with Crippen LogP contribution < -0.4 is 16.2 Å². The summed E-state index contributed by atoms with van der Waals surface area (Å²) in [6.45, 7) is 5.70. The molecule has 3 amide bonds. The Morgan fingerprint density at radius 2 is 1.74 bits per heavy atom. The van der Waals surface area contributed by atoms with Crippen molar-refractivity contribution in [3.63, 3.8) is 0 Å². The first-order chi connectivity index (χ1) is 18.1. The molecule has 2 heterocycles. The third kappa shape index (κ3) is 6.09. The molecule has 0 atom stereocenters. The molecule has 38 heavy (non-hydrogen) atoms. The average molecular weight is 562 g/mol. The van der Waals surface area contributed by atoms with Gasteiger partial charge in [-0.1, -0.05) is 26.2 Å². The highest BCUT2D eigenvalue weighted by atomic mass is 32.2. The van der Waals surface area contributed by atoms with Crippen LogP contribution in [0.15, 0.2) is 29.2 Å². The number of rotatable bonds is 7. The molecule has 1 aliphatic carbocycles. The highest BCUT2D eigenvalue weighted by molar-refractivity contribution is 7.89. The van der Waals surface area contributed by atoms with Crippen molar-refractivity contribution >= 4 is 44.1 Å². The Bertz CT molecular complexity index is 1300. The lowest BCUT2D eigenvalue weighted by Gasteiger charge is -2.30. The number of likely N-dealkylation sites (N-methyl/N-ethyl adjacent to an activating group) is 1. The number of nitrogens with zero attached hydrogens (tertiary/aromatic N) is 2. The van der Waals surface area contributed by atoms with Crippen LogP contribution in [0.3, 0.4) is 0 Å². The molecule has 1 aromatic carbocycles. The Morgan fingerprint density at radius 1 is 1.05 bits per heavy atom. The number of sulfonamides is 1. The number of fused-ring (bicyclic) bond motifs is 1. The third-order valence-electron chi connectivity index (χ3n) is 7.27. The molecule has 10 nitrogen and oxygen atoms in total. The Kier molecular flexibility index (Phi) is 8.86. The van der Waals surface area contributed by atoms with Crippen molar-refractivity contribution in [3.8, 4) is 0 Å². The number of hydrogen-bond donors (Lipinski definition) is 3. The van der Waals surface area contributed by atoms with Crippen molar-refractivity contribution in [3.05, 3.63) is 45.8 Å². The predicted molar refractivity (Wildman–Crippen MR) is 146 cm³/mol. The zero-order valence-corrected chi connectivity index (χ0v) is 23.6. The normalized spacial score (nSPS) is 16.6. The lowest BCUT2D eigenvalue weighted by molar-refractivity contribution is -0.119. The van der Waals surface area contributed by atoms with Crippen molar-refractivity contribution in [2.75, 3.05) is 25.5 Å². The van der Waals surface area contributed by atoms with Gasteiger partial charge in [0.05, 0.1) is 10.5 Å². The lowest BCUT2D eigenvalue weighted by atomic mass is 9.96. The minimum Gasteiger partial charge on any atom is -0.313 e. The van der Waals surface area contributed by atoms with E-state index in [9.17, 15) is 22.8 Å². The number of anilines is 1. The van der Waals surface area contributed by atoms with Crippen LogP contribution in [0.5, 0.6) is 0 Å². The quantitative estimate of drug-likeness (QED) is 0.446. The predicted octanol–water partition coefficient (Wildman–Crippen LogP) is 3.11. The zero-order valence-electron chi connectivity index (χ0n) is 22.0. The van der Waals surface area contributed by atoms with E-state index in [1.165, 1.54) is 46.8 Å². The number of hydrogen-bond acceptors (Lipinski definition) is 7. The highest BCUT2D eigenvalue weighted by Gasteiger charge is 2.30. The summed E-state index contributed by atoms with van der Waals surface area (Å²) >= 11 is 1.34. The van der Waals surface area contributed by atoms with Gasteiger partial charge in [-0.2, -0.15) is 4.31 Å². The standard InChI is InChI=1S/C26H35N5O5S2/c1-4-31-15-14-21-22(16-31)37-26(23(21)25(34)29-28-17(2)32)27-24(33)18-10-12-20(13-11-18)38(35,36)30(3)19-8-6-5-7-9-19/h10-13,19H,4-9,14-16H2,1-3H3,(H,27,33)(H,28,32)(H,29,34). The van der Waals surface area contributed by atoms with Crippen molar-refractivity contribution in [2.24, 2.45) is 0 Å². The van der Waals surface area contributed by atoms with E-state index in [4.69, 9.17) is 0 Å². The topological polar surface area (TPSA) is 128 Å². The van der Waals surface area contributed by atoms with E-state index in [-0.39, 0.29) is 16.5 Å². The second-order valence-corrected chi connectivity index (χ2v) is 12.9. The molecule has 1 saturated carbocycles. The smallest absolute Gasteiger partial charge is 0.272 e. The van der Waals surface area contributed by atoms with Gasteiger partial charge in [-0.3, -0.25) is 30.1 Å². The van der Waals surface area contributed by atoms with Crippen LogP contribution in [-0.2, 0) is 27.8 Å². The molecule has 0 spiro atoms. The SMILES string of the molecule is CCN1CCc2c(sc(NC(=O)c3ccc(S(=O)(=O)N(C)C4CCCCC4)cc3)c2C(=O)NNC(C)=O)C1. The highest BCUT2D eigenvalue weighted by Crippen LogP contribution is 2.37. The summed E-state index contributed by atoms with van der Waals surface area (Å²) in [7, 11) is -2.05. The van der Waals surface area contributed by atoms with Crippen molar-refractivity contribution in [2.45, 2.75) is 69.9 Å². The molecule has 1 aliphatic heterocycles. The van der Waals surface area contributed by atoms with Gasteiger partial charge in [0, 0.05) is 43.5 Å². The molecule has 2 aromatic rings. The van der Waals surface area contributed by atoms with Crippen LogP contribution in [0.4, 0.5) is 5.00 Å². The van der Waals surface area contributed by atoms with E-state index in [1.54, 1.807) is 7.05 Å². The molecule has 0 radical (unpaired) electrons. The van der Waals surface area contributed by atoms with Crippen molar-refractivity contribution in [1.29, 1.82) is 0 Å². The van der Waals surface area contributed by atoms with Crippen molar-refractivity contribution in [1.82, 2.24) is 20.1 Å². The van der Waals surface area contributed by atoms with Crippen LogP contribution in [0, 0.1) is 0 Å². The molecule has 2 aliphatic rings. The summed E-state index contributed by atoms with van der Waals surface area (Å²) in [5.74, 6) is -1.35. The molecular weight excluding hydrogens is 526 g/mol. The van der Waals surface area contributed by atoms with E-state index >= 15 is 0 Å². The van der Waals surface area contributed by atoms with Crippen LogP contribution in [-0.4, -0.2) is 61.5 Å². The molecule has 12 heteroatoms. The van der Waals surface area contributed by atoms with Gasteiger partial charge in [-0.25, -0.2) is 8.42 Å². The lowest BCUT2D eigenvalue weighted by Crippen LogP contribution is -2.41. The maximum absolute atomic E-state index is 13.2. The number of hydrazine groups is 1. The molecule has 0 unspecified atom stereocenters. The van der Waals surface area contributed by atoms with E-state index in [0.717, 1.165) is 55.6 Å². The maximum atomic E-state index is 13.2. The Hall–Kier alpha value is -2.80. The van der Waals surface area contributed by atoms with Gasteiger partial charge in [0.25, 0.3) is 11.8 Å². The van der Waals surface area contributed by atoms with Gasteiger partial charge in [0.15, 0.2) is 0 Å². The van der Waals surface area contributed by atoms with Crippen LogP contribution in [0.2, 0.25) is 0 Å². The second-order valence-electron chi connectivity index (χ2n) is 9.75. The van der Waals surface area contributed by atoms with E-state index in [0.29, 0.717) is 23.5 Å².